The van der Waals surface area contributed by atoms with Gasteiger partial charge in [-0.3, -0.25) is 4.79 Å². The van der Waals surface area contributed by atoms with Gasteiger partial charge in [0.25, 0.3) is 5.91 Å². The highest BCUT2D eigenvalue weighted by Crippen LogP contribution is 2.37. The number of halogens is 2. The van der Waals surface area contributed by atoms with Crippen molar-refractivity contribution >= 4 is 11.9 Å². The SMILES string of the molecule is Cc1nc(N2CC[C@@H]3CN(C(=O)c4cccc(F)c4-c4ccno4)[C@@H]3C2)nc(C)c1F. The zero-order chi connectivity index (χ0) is 21.7. The summed E-state index contributed by atoms with van der Waals surface area (Å²) >= 11 is 0. The van der Waals surface area contributed by atoms with Gasteiger partial charge in [0.05, 0.1) is 34.8 Å². The Morgan fingerprint density at radius 2 is 1.90 bits per heavy atom. The molecule has 2 aromatic heterocycles. The maximum Gasteiger partial charge on any atom is 0.255 e. The van der Waals surface area contributed by atoms with Gasteiger partial charge in [-0.25, -0.2) is 18.7 Å². The van der Waals surface area contributed by atoms with E-state index in [9.17, 15) is 13.6 Å². The van der Waals surface area contributed by atoms with Crippen LogP contribution in [0.2, 0.25) is 0 Å². The second-order valence-electron chi connectivity index (χ2n) is 8.07. The third-order valence-corrected chi connectivity index (χ3v) is 6.20. The lowest BCUT2D eigenvalue weighted by Crippen LogP contribution is -2.66. The van der Waals surface area contributed by atoms with Gasteiger partial charge < -0.3 is 14.3 Å². The lowest BCUT2D eigenvalue weighted by atomic mass is 9.81. The predicted molar refractivity (Wildman–Crippen MR) is 109 cm³/mol. The first-order valence-corrected chi connectivity index (χ1v) is 10.2. The first-order valence-electron chi connectivity index (χ1n) is 10.2. The van der Waals surface area contributed by atoms with Crippen LogP contribution in [-0.4, -0.2) is 51.6 Å². The van der Waals surface area contributed by atoms with Crippen molar-refractivity contribution in [2.75, 3.05) is 24.5 Å². The molecule has 9 heteroatoms. The van der Waals surface area contributed by atoms with Crippen LogP contribution in [0.4, 0.5) is 14.7 Å². The highest BCUT2D eigenvalue weighted by Gasteiger charge is 2.46. The number of carbonyl (C=O) groups is 1. The number of hydrogen-bond donors (Lipinski definition) is 0. The molecule has 0 aliphatic carbocycles. The third-order valence-electron chi connectivity index (χ3n) is 6.20. The first-order chi connectivity index (χ1) is 14.9. The van der Waals surface area contributed by atoms with E-state index in [0.29, 0.717) is 36.3 Å². The smallest absolute Gasteiger partial charge is 0.255 e. The molecule has 0 N–H and O–H groups in total. The van der Waals surface area contributed by atoms with E-state index in [4.69, 9.17) is 4.52 Å². The van der Waals surface area contributed by atoms with Crippen molar-refractivity contribution in [3.63, 3.8) is 0 Å². The molecule has 4 heterocycles. The number of rotatable bonds is 3. The number of carbonyl (C=O) groups excluding carboxylic acids is 1. The third kappa shape index (κ3) is 3.24. The number of fused-ring (bicyclic) bond motifs is 1. The lowest BCUT2D eigenvalue weighted by Gasteiger charge is -2.53. The van der Waals surface area contributed by atoms with Gasteiger partial charge in [0.15, 0.2) is 11.6 Å². The summed E-state index contributed by atoms with van der Waals surface area (Å²) in [4.78, 5) is 25.7. The Hall–Kier alpha value is -3.36. The van der Waals surface area contributed by atoms with Crippen molar-refractivity contribution in [1.29, 1.82) is 0 Å². The Morgan fingerprint density at radius 3 is 2.61 bits per heavy atom. The van der Waals surface area contributed by atoms with Crippen LogP contribution in [0.1, 0.15) is 28.2 Å². The van der Waals surface area contributed by atoms with Gasteiger partial charge in [-0.15, -0.1) is 0 Å². The van der Waals surface area contributed by atoms with Crippen molar-refractivity contribution in [1.82, 2.24) is 20.0 Å². The van der Waals surface area contributed by atoms with Crippen LogP contribution in [0, 0.1) is 31.4 Å². The molecule has 1 aromatic carbocycles. The average Bonchev–Trinajstić information content (AvgIpc) is 3.26. The quantitative estimate of drug-likeness (QED) is 0.641. The van der Waals surface area contributed by atoms with Crippen LogP contribution in [0.5, 0.6) is 0 Å². The first kappa shape index (κ1) is 19.6. The fourth-order valence-corrected chi connectivity index (χ4v) is 4.49. The van der Waals surface area contributed by atoms with E-state index in [1.165, 1.54) is 24.4 Å². The molecule has 2 atom stereocenters. The van der Waals surface area contributed by atoms with Crippen LogP contribution in [0.25, 0.3) is 11.3 Å². The van der Waals surface area contributed by atoms with E-state index in [1.807, 2.05) is 4.90 Å². The van der Waals surface area contributed by atoms with E-state index in [-0.39, 0.29) is 28.8 Å². The number of aryl methyl sites for hydroxylation is 2. The fourth-order valence-electron chi connectivity index (χ4n) is 4.49. The van der Waals surface area contributed by atoms with Crippen LogP contribution in [0.15, 0.2) is 35.0 Å². The molecule has 160 valence electrons. The largest absolute Gasteiger partial charge is 0.356 e. The second kappa shape index (κ2) is 7.40. The molecule has 0 bridgehead atoms. The molecule has 5 rings (SSSR count). The monoisotopic (exact) mass is 425 g/mol. The van der Waals surface area contributed by atoms with Crippen molar-refractivity contribution in [3.05, 3.63) is 59.0 Å². The molecule has 0 saturated carbocycles. The molecule has 0 spiro atoms. The number of piperidine rings is 1. The van der Waals surface area contributed by atoms with Crippen molar-refractivity contribution in [3.8, 4) is 11.3 Å². The zero-order valence-corrected chi connectivity index (χ0v) is 17.2. The number of hydrogen-bond acceptors (Lipinski definition) is 6. The van der Waals surface area contributed by atoms with Gasteiger partial charge in [-0.2, -0.15) is 0 Å². The molecular weight excluding hydrogens is 404 g/mol. The van der Waals surface area contributed by atoms with Crippen LogP contribution in [0.3, 0.4) is 0 Å². The molecule has 2 saturated heterocycles. The van der Waals surface area contributed by atoms with E-state index in [0.717, 1.165) is 13.0 Å². The lowest BCUT2D eigenvalue weighted by molar-refractivity contribution is 0.00769. The molecule has 0 radical (unpaired) electrons. The van der Waals surface area contributed by atoms with Crippen molar-refractivity contribution < 1.29 is 18.1 Å². The molecule has 3 aromatic rings. The van der Waals surface area contributed by atoms with E-state index in [1.54, 1.807) is 24.8 Å². The summed E-state index contributed by atoms with van der Waals surface area (Å²) in [5.41, 5.74) is 0.983. The Labute approximate surface area is 177 Å². The maximum atomic E-state index is 14.6. The minimum Gasteiger partial charge on any atom is -0.356 e. The molecule has 2 aliphatic rings. The van der Waals surface area contributed by atoms with Gasteiger partial charge in [0, 0.05) is 31.6 Å². The standard InChI is InChI=1S/C22H21F2N5O2/c1-12-20(24)13(2)27-22(26-12)28-9-7-14-10-29(17(14)11-28)21(30)15-4-3-5-16(23)19(15)18-6-8-25-31-18/h3-6,8,14,17H,7,9-11H2,1-2H3/t14-,17-/m1/s1. The Morgan fingerprint density at radius 1 is 1.13 bits per heavy atom. The Balaban J connectivity index is 1.40. The van der Waals surface area contributed by atoms with Crippen LogP contribution < -0.4 is 4.90 Å². The van der Waals surface area contributed by atoms with Crippen LogP contribution >= 0.6 is 0 Å². The minimum atomic E-state index is -0.532. The normalized spacial score (nSPS) is 20.4. The average molecular weight is 425 g/mol. The summed E-state index contributed by atoms with van der Waals surface area (Å²) in [7, 11) is 0. The highest BCUT2D eigenvalue weighted by molar-refractivity contribution is 6.01. The van der Waals surface area contributed by atoms with Crippen molar-refractivity contribution in [2.24, 2.45) is 5.92 Å². The van der Waals surface area contributed by atoms with E-state index >= 15 is 0 Å². The number of likely N-dealkylation sites (tertiary alicyclic amines) is 1. The van der Waals surface area contributed by atoms with Gasteiger partial charge in [-0.05, 0) is 32.4 Å². The Kier molecular flexibility index (Phi) is 4.68. The summed E-state index contributed by atoms with van der Waals surface area (Å²) in [5, 5.41) is 3.63. The number of anilines is 1. The second-order valence-corrected chi connectivity index (χ2v) is 8.07. The molecule has 0 unspecified atom stereocenters. The van der Waals surface area contributed by atoms with Crippen molar-refractivity contribution in [2.45, 2.75) is 26.3 Å². The summed E-state index contributed by atoms with van der Waals surface area (Å²) in [5.74, 6) is -0.121. The van der Waals surface area contributed by atoms with E-state index < -0.39 is 11.6 Å². The van der Waals surface area contributed by atoms with E-state index in [2.05, 4.69) is 15.1 Å². The summed E-state index contributed by atoms with van der Waals surface area (Å²) in [6, 6.07) is 5.92. The van der Waals surface area contributed by atoms with Gasteiger partial charge in [0.2, 0.25) is 5.95 Å². The van der Waals surface area contributed by atoms with Gasteiger partial charge in [0.1, 0.15) is 5.82 Å². The van der Waals surface area contributed by atoms with Gasteiger partial charge >= 0.3 is 0 Å². The summed E-state index contributed by atoms with van der Waals surface area (Å²) in [6.07, 6.45) is 2.30. The summed E-state index contributed by atoms with van der Waals surface area (Å²) < 4.78 is 33.6. The van der Waals surface area contributed by atoms with Crippen LogP contribution in [-0.2, 0) is 0 Å². The highest BCUT2D eigenvalue weighted by atomic mass is 19.1. The number of benzene rings is 1. The van der Waals surface area contributed by atoms with Gasteiger partial charge in [-0.1, -0.05) is 11.2 Å². The molecule has 2 aliphatic heterocycles. The predicted octanol–water partition coefficient (Wildman–Crippen LogP) is 3.38. The maximum absolute atomic E-state index is 14.6. The molecular formula is C22H21F2N5O2. The number of nitrogens with zero attached hydrogens (tertiary/aromatic N) is 5. The molecule has 1 amide bonds. The summed E-state index contributed by atoms with van der Waals surface area (Å²) in [6.45, 7) is 5.15. The zero-order valence-electron chi connectivity index (χ0n) is 17.2. The molecule has 31 heavy (non-hydrogen) atoms. The molecule has 2 fully saturated rings. The molecule has 7 nitrogen and oxygen atoms in total. The fraction of sp³-hybridized carbons (Fsp3) is 0.364. The number of aromatic nitrogens is 3. The topological polar surface area (TPSA) is 75.4 Å². The number of amides is 1. The minimum absolute atomic E-state index is 0.0404. The Bertz CT molecular complexity index is 1130.